The number of rotatable bonds is 12. The van der Waals surface area contributed by atoms with Gasteiger partial charge in [-0.3, -0.25) is 9.59 Å². The Hall–Kier alpha value is -4.01. The van der Waals surface area contributed by atoms with Gasteiger partial charge in [-0.25, -0.2) is 4.39 Å². The molecule has 0 saturated carbocycles. The fraction of sp³-hybridized carbons (Fsp3) is 0.333. The van der Waals surface area contributed by atoms with Crippen molar-refractivity contribution >= 4 is 28.8 Å². The van der Waals surface area contributed by atoms with E-state index in [0.29, 0.717) is 12.2 Å². The number of aliphatic carboxylic acids is 1. The molecule has 0 aliphatic carbocycles. The third-order valence-electron chi connectivity index (χ3n) is 7.42. The maximum atomic E-state index is 14.1. The van der Waals surface area contributed by atoms with Gasteiger partial charge in [-0.2, -0.15) is 0 Å². The zero-order chi connectivity index (χ0) is 29.5. The summed E-state index contributed by atoms with van der Waals surface area (Å²) in [4.78, 5) is 27.2. The van der Waals surface area contributed by atoms with Gasteiger partial charge in [0, 0.05) is 24.0 Å². The third kappa shape index (κ3) is 7.39. The van der Waals surface area contributed by atoms with Gasteiger partial charge in [-0.1, -0.05) is 62.4 Å². The first-order chi connectivity index (χ1) is 19.7. The summed E-state index contributed by atoms with van der Waals surface area (Å²) in [6.45, 7) is 4.43. The summed E-state index contributed by atoms with van der Waals surface area (Å²) >= 11 is 0. The monoisotopic (exact) mass is 560 g/mol. The summed E-state index contributed by atoms with van der Waals surface area (Å²) < 4.78 is 14.0. The van der Waals surface area contributed by atoms with E-state index in [9.17, 15) is 24.2 Å². The second-order valence-electron chi connectivity index (χ2n) is 10.8. The van der Waals surface area contributed by atoms with Crippen LogP contribution in [0.15, 0.2) is 84.9 Å². The van der Waals surface area contributed by atoms with E-state index in [0.717, 1.165) is 22.4 Å². The Morgan fingerprint density at radius 1 is 0.878 bits per heavy atom. The van der Waals surface area contributed by atoms with Gasteiger partial charge in [0.2, 0.25) is 5.91 Å². The molecule has 3 aromatic rings. The van der Waals surface area contributed by atoms with Gasteiger partial charge in [-0.05, 0) is 71.9 Å². The minimum Gasteiger partial charge on any atom is -0.481 e. The highest BCUT2D eigenvalue weighted by atomic mass is 19.1. The normalized spacial score (nSPS) is 18.4. The van der Waals surface area contributed by atoms with Crippen molar-refractivity contribution in [2.24, 2.45) is 11.8 Å². The largest absolute Gasteiger partial charge is 0.481 e. The van der Waals surface area contributed by atoms with Crippen LogP contribution in [-0.2, 0) is 9.59 Å². The van der Waals surface area contributed by atoms with E-state index in [1.165, 1.54) is 12.1 Å². The van der Waals surface area contributed by atoms with Gasteiger partial charge in [0.05, 0.1) is 24.5 Å². The van der Waals surface area contributed by atoms with E-state index in [4.69, 9.17) is 5.11 Å². The molecule has 41 heavy (non-hydrogen) atoms. The number of amides is 1. The van der Waals surface area contributed by atoms with E-state index in [-0.39, 0.29) is 36.5 Å². The highest BCUT2D eigenvalue weighted by Gasteiger charge is 2.46. The van der Waals surface area contributed by atoms with Crippen LogP contribution in [0.1, 0.15) is 44.2 Å². The Morgan fingerprint density at radius 2 is 1.49 bits per heavy atom. The van der Waals surface area contributed by atoms with Gasteiger partial charge in [0.25, 0.3) is 0 Å². The lowest BCUT2D eigenvalue weighted by Gasteiger charge is -2.35. The summed E-state index contributed by atoms with van der Waals surface area (Å²) in [6, 6.07) is 24.8. The van der Waals surface area contributed by atoms with Crippen LogP contribution in [0.2, 0.25) is 0 Å². The Balaban J connectivity index is 1.79. The molecule has 4 atom stereocenters. The van der Waals surface area contributed by atoms with Crippen molar-refractivity contribution in [2.75, 3.05) is 11.9 Å². The molecule has 0 radical (unpaired) electrons. The first-order valence-electron chi connectivity index (χ1n) is 13.9. The first-order valence-corrected chi connectivity index (χ1v) is 13.9. The number of benzene rings is 3. The molecule has 0 aromatic heterocycles. The Morgan fingerprint density at radius 3 is 2.07 bits per heavy atom. The van der Waals surface area contributed by atoms with Crippen molar-refractivity contribution in [1.82, 2.24) is 4.90 Å². The molecule has 0 saturated heterocycles. The summed E-state index contributed by atoms with van der Waals surface area (Å²) in [6.07, 6.45) is -2.41. The van der Waals surface area contributed by atoms with Crippen LogP contribution in [0.5, 0.6) is 0 Å². The number of hydrogen-bond acceptors (Lipinski definition) is 5. The van der Waals surface area contributed by atoms with Crippen molar-refractivity contribution in [1.29, 1.82) is 0 Å². The smallest absolute Gasteiger partial charge is 0.305 e. The molecule has 4 N–H and O–H groups in total. The molecule has 3 aromatic carbocycles. The molecule has 0 bridgehead atoms. The number of carboxylic acids is 1. The van der Waals surface area contributed by atoms with Crippen molar-refractivity contribution in [3.8, 4) is 0 Å². The quantitative estimate of drug-likeness (QED) is 0.240. The van der Waals surface area contributed by atoms with Crippen molar-refractivity contribution in [2.45, 2.75) is 51.4 Å². The maximum absolute atomic E-state index is 14.1. The molecule has 0 unspecified atom stereocenters. The van der Waals surface area contributed by atoms with Crippen LogP contribution in [0, 0.1) is 17.7 Å². The lowest BCUT2D eigenvalue weighted by molar-refractivity contribution is -0.139. The van der Waals surface area contributed by atoms with E-state index in [1.807, 2.05) is 74.5 Å². The highest BCUT2D eigenvalue weighted by molar-refractivity contribution is 6.08. The SMILES string of the molecule is CC(C)[C@@H]1[C@H](C(=O)Nc2ccccc2)C(c2ccccc2)=C(c2ccc(F)cc2)N1CC[C@H](O)C[C@@H](O)CC(=O)O. The van der Waals surface area contributed by atoms with Crippen LogP contribution >= 0.6 is 0 Å². The van der Waals surface area contributed by atoms with Crippen molar-refractivity contribution in [3.05, 3.63) is 102 Å². The summed E-state index contributed by atoms with van der Waals surface area (Å²) in [5, 5.41) is 32.9. The topological polar surface area (TPSA) is 110 Å². The molecule has 1 heterocycles. The maximum Gasteiger partial charge on any atom is 0.305 e. The van der Waals surface area contributed by atoms with E-state index < -0.39 is 30.5 Å². The fourth-order valence-corrected chi connectivity index (χ4v) is 5.70. The molecule has 1 aliphatic rings. The number of aliphatic hydroxyl groups excluding tert-OH is 2. The van der Waals surface area contributed by atoms with E-state index >= 15 is 0 Å². The number of para-hydroxylation sites is 1. The zero-order valence-electron chi connectivity index (χ0n) is 23.3. The minimum absolute atomic E-state index is 0.00734. The molecule has 8 heteroatoms. The average Bonchev–Trinajstić information content (AvgIpc) is 3.28. The second-order valence-corrected chi connectivity index (χ2v) is 10.8. The van der Waals surface area contributed by atoms with Crippen molar-refractivity contribution in [3.63, 3.8) is 0 Å². The fourth-order valence-electron chi connectivity index (χ4n) is 5.70. The van der Waals surface area contributed by atoms with Crippen molar-refractivity contribution < 1.29 is 29.3 Å². The minimum atomic E-state index is -1.17. The highest BCUT2D eigenvalue weighted by Crippen LogP contribution is 2.48. The number of aliphatic hydroxyl groups is 2. The number of nitrogens with one attached hydrogen (secondary N) is 1. The van der Waals surface area contributed by atoms with E-state index in [1.54, 1.807) is 12.1 Å². The lowest BCUT2D eigenvalue weighted by Crippen LogP contribution is -2.43. The number of carboxylic acid groups (broad SMARTS) is 1. The Labute approximate surface area is 240 Å². The van der Waals surface area contributed by atoms with Gasteiger partial charge in [0.1, 0.15) is 5.82 Å². The van der Waals surface area contributed by atoms with Crippen LogP contribution in [0.4, 0.5) is 10.1 Å². The molecule has 0 spiro atoms. The molecule has 1 amide bonds. The molecular weight excluding hydrogens is 523 g/mol. The lowest BCUT2D eigenvalue weighted by atomic mass is 9.83. The number of anilines is 1. The predicted octanol–water partition coefficient (Wildman–Crippen LogP) is 5.27. The van der Waals surface area contributed by atoms with Gasteiger partial charge < -0.3 is 25.5 Å². The number of carbonyl (C=O) groups excluding carboxylic acids is 1. The molecule has 1 aliphatic heterocycles. The standard InChI is InChI=1S/C33H37FN2O5/c1-21(2)31-30(33(41)35-25-11-7-4-8-12-25)29(22-9-5-3-6-10-22)32(23-13-15-24(34)16-14-23)36(31)18-17-26(37)19-27(38)20-28(39)40/h3-16,21,26-27,30-31,37-38H,17-20H2,1-2H3,(H,35,41)(H,39,40)/t26-,27+,30+,31+/m0/s1. The number of halogens is 1. The summed E-state index contributed by atoms with van der Waals surface area (Å²) in [7, 11) is 0. The van der Waals surface area contributed by atoms with Crippen LogP contribution < -0.4 is 5.32 Å². The van der Waals surface area contributed by atoms with Gasteiger partial charge >= 0.3 is 5.97 Å². The Kier molecular flexibility index (Phi) is 9.91. The number of nitrogens with zero attached hydrogens (tertiary/aromatic N) is 1. The van der Waals surface area contributed by atoms with Crippen LogP contribution in [0.3, 0.4) is 0 Å². The van der Waals surface area contributed by atoms with E-state index in [2.05, 4.69) is 10.2 Å². The number of carbonyl (C=O) groups is 2. The average molecular weight is 561 g/mol. The Bertz CT molecular complexity index is 1350. The number of hydrogen-bond donors (Lipinski definition) is 4. The molecular formula is C33H37FN2O5. The summed E-state index contributed by atoms with van der Waals surface area (Å²) in [5.74, 6) is -2.26. The van der Waals surface area contributed by atoms with Crippen LogP contribution in [0.25, 0.3) is 11.3 Å². The molecule has 4 rings (SSSR count). The molecule has 7 nitrogen and oxygen atoms in total. The van der Waals surface area contributed by atoms with Gasteiger partial charge in [-0.15, -0.1) is 0 Å². The second kappa shape index (κ2) is 13.6. The van der Waals surface area contributed by atoms with Crippen LogP contribution in [-0.4, -0.2) is 56.9 Å². The summed E-state index contributed by atoms with van der Waals surface area (Å²) in [5.41, 5.74) is 3.88. The molecule has 216 valence electrons. The van der Waals surface area contributed by atoms with Gasteiger partial charge in [0.15, 0.2) is 0 Å². The first kappa shape index (κ1) is 30.0. The zero-order valence-corrected chi connectivity index (χ0v) is 23.3. The predicted molar refractivity (Wildman–Crippen MR) is 157 cm³/mol. The molecule has 0 fully saturated rings. The third-order valence-corrected chi connectivity index (χ3v) is 7.42.